The van der Waals surface area contributed by atoms with Gasteiger partial charge < -0.3 is 4.74 Å². The first-order valence-electron chi connectivity index (χ1n) is 7.52. The molecule has 0 aromatic heterocycles. The van der Waals surface area contributed by atoms with Crippen molar-refractivity contribution in [2.75, 3.05) is 10.8 Å². The minimum Gasteiger partial charge on any atom is -0.453 e. The highest BCUT2D eigenvalue weighted by Gasteiger charge is 2.30. The fourth-order valence-electron chi connectivity index (χ4n) is 2.65. The van der Waals surface area contributed by atoms with Crippen molar-refractivity contribution in [1.29, 1.82) is 0 Å². The van der Waals surface area contributed by atoms with Crippen LogP contribution < -0.4 is 9.80 Å². The number of hydrogen-bond acceptors (Lipinski definition) is 5. The lowest BCUT2D eigenvalue weighted by molar-refractivity contribution is 0.308. The van der Waals surface area contributed by atoms with Crippen molar-refractivity contribution >= 4 is 21.5 Å². The van der Waals surface area contributed by atoms with E-state index >= 15 is 0 Å². The zero-order valence-electron chi connectivity index (χ0n) is 13.4. The third kappa shape index (κ3) is 3.04. The Bertz CT molecular complexity index is 846. The first kappa shape index (κ1) is 15.8. The number of benzene rings is 2. The smallest absolute Gasteiger partial charge is 0.288 e. The molecule has 0 radical (unpaired) electrons. The van der Waals surface area contributed by atoms with Gasteiger partial charge in [0, 0.05) is 0 Å². The summed E-state index contributed by atoms with van der Waals surface area (Å²) in [5.41, 5.74) is 3.10. The quantitative estimate of drug-likeness (QED) is 0.838. The molecule has 3 rings (SSSR count). The van der Waals surface area contributed by atoms with E-state index < -0.39 is 10.1 Å². The first-order chi connectivity index (χ1) is 10.9. The molecule has 0 bridgehead atoms. The second-order valence-corrected chi connectivity index (χ2v) is 7.30. The molecule has 0 fully saturated rings. The van der Waals surface area contributed by atoms with Crippen LogP contribution in [0, 0.1) is 13.8 Å². The number of rotatable bonds is 4. The number of ether oxygens (including phenoxy) is 1. The summed E-state index contributed by atoms with van der Waals surface area (Å²) in [7, 11) is -3.67. The maximum absolute atomic E-state index is 12.2. The van der Waals surface area contributed by atoms with E-state index in [-0.39, 0.29) is 5.75 Å². The molecule has 5 nitrogen and oxygen atoms in total. The summed E-state index contributed by atoms with van der Waals surface area (Å²) >= 11 is 0. The maximum atomic E-state index is 12.2. The molecular weight excluding hydrogens is 314 g/mol. The predicted molar refractivity (Wildman–Crippen MR) is 89.7 cm³/mol. The van der Waals surface area contributed by atoms with Crippen LogP contribution in [0.5, 0.6) is 11.5 Å². The van der Waals surface area contributed by atoms with Crippen molar-refractivity contribution in [2.24, 2.45) is 0 Å². The molecule has 0 unspecified atom stereocenters. The number of anilines is 2. The van der Waals surface area contributed by atoms with Gasteiger partial charge in [-0.15, -0.1) is 4.28 Å². The fourth-order valence-corrected chi connectivity index (χ4v) is 3.61. The second kappa shape index (κ2) is 5.86. The summed E-state index contributed by atoms with van der Waals surface area (Å²) in [5, 5.41) is 1.36. The third-order valence-corrected chi connectivity index (χ3v) is 4.84. The molecule has 1 aliphatic heterocycles. The van der Waals surface area contributed by atoms with Crippen LogP contribution in [0.15, 0.2) is 36.4 Å². The van der Waals surface area contributed by atoms with Gasteiger partial charge in [-0.05, 0) is 49.6 Å². The van der Waals surface area contributed by atoms with Gasteiger partial charge in [-0.3, -0.25) is 0 Å². The molecular formula is C17H19NO4S. The average Bonchev–Trinajstić information content (AvgIpc) is 2.48. The van der Waals surface area contributed by atoms with Gasteiger partial charge in [-0.2, -0.15) is 13.5 Å². The molecule has 0 saturated carbocycles. The molecule has 0 atom stereocenters. The van der Waals surface area contributed by atoms with Crippen LogP contribution in [0.2, 0.25) is 0 Å². The van der Waals surface area contributed by atoms with E-state index in [1.54, 1.807) is 19.1 Å². The van der Waals surface area contributed by atoms with Gasteiger partial charge in [0.05, 0.1) is 5.75 Å². The molecule has 0 spiro atoms. The van der Waals surface area contributed by atoms with Crippen molar-refractivity contribution in [3.05, 3.63) is 47.5 Å². The molecule has 0 saturated heterocycles. The summed E-state index contributed by atoms with van der Waals surface area (Å²) in [6.07, 6.45) is 0.494. The molecule has 2 aromatic rings. The molecule has 23 heavy (non-hydrogen) atoms. The van der Waals surface area contributed by atoms with Crippen LogP contribution in [-0.4, -0.2) is 14.2 Å². The van der Waals surface area contributed by atoms with Crippen molar-refractivity contribution in [3.63, 3.8) is 0 Å². The summed E-state index contributed by atoms with van der Waals surface area (Å²) in [4.78, 5) is 0. The van der Waals surface area contributed by atoms with E-state index in [0.717, 1.165) is 11.1 Å². The van der Waals surface area contributed by atoms with E-state index in [1.165, 1.54) is 5.06 Å². The highest BCUT2D eigenvalue weighted by Crippen LogP contribution is 2.48. The fraction of sp³-hybridized carbons (Fsp3) is 0.294. The van der Waals surface area contributed by atoms with E-state index in [9.17, 15) is 8.42 Å². The first-order valence-corrected chi connectivity index (χ1v) is 9.09. The molecule has 2 aromatic carbocycles. The molecule has 1 aliphatic rings. The Morgan fingerprint density at radius 1 is 1.13 bits per heavy atom. The number of fused-ring (bicyclic) bond motifs is 2. The lowest BCUT2D eigenvalue weighted by atomic mass is 10.1. The molecule has 0 amide bonds. The SMILES string of the molecule is CCCS(=O)(=O)ON1c2ccccc2Oc2c(C)cc(C)cc21. The topological polar surface area (TPSA) is 55.8 Å². The molecule has 122 valence electrons. The monoisotopic (exact) mass is 333 g/mol. The Hall–Kier alpha value is -2.05. The normalized spacial score (nSPS) is 13.3. The maximum Gasteiger partial charge on any atom is 0.288 e. The molecule has 0 N–H and O–H groups in total. The Morgan fingerprint density at radius 2 is 1.87 bits per heavy atom. The van der Waals surface area contributed by atoms with Crippen molar-refractivity contribution < 1.29 is 17.4 Å². The minimum absolute atomic E-state index is 0.0351. The van der Waals surface area contributed by atoms with Gasteiger partial charge in [-0.25, -0.2) is 0 Å². The molecule has 6 heteroatoms. The van der Waals surface area contributed by atoms with E-state index in [1.807, 2.05) is 38.1 Å². The minimum atomic E-state index is -3.67. The summed E-state index contributed by atoms with van der Waals surface area (Å²) in [5.74, 6) is 1.15. The molecule has 1 heterocycles. The van der Waals surface area contributed by atoms with Crippen LogP contribution in [-0.2, 0) is 14.4 Å². The Labute approximate surface area is 136 Å². The Kier molecular flexibility index (Phi) is 4.04. The van der Waals surface area contributed by atoms with Gasteiger partial charge in [0.15, 0.2) is 11.5 Å². The predicted octanol–water partition coefficient (Wildman–Crippen LogP) is 4.22. The van der Waals surface area contributed by atoms with E-state index in [0.29, 0.717) is 29.3 Å². The van der Waals surface area contributed by atoms with Crippen molar-refractivity contribution in [2.45, 2.75) is 27.2 Å². The number of hydrogen-bond donors (Lipinski definition) is 0. The van der Waals surface area contributed by atoms with Crippen LogP contribution in [0.1, 0.15) is 24.5 Å². The van der Waals surface area contributed by atoms with Crippen molar-refractivity contribution in [1.82, 2.24) is 0 Å². The van der Waals surface area contributed by atoms with E-state index in [2.05, 4.69) is 0 Å². The van der Waals surface area contributed by atoms with Crippen molar-refractivity contribution in [3.8, 4) is 11.5 Å². The summed E-state index contributed by atoms with van der Waals surface area (Å²) in [6.45, 7) is 5.68. The lowest BCUT2D eigenvalue weighted by Gasteiger charge is -2.31. The Morgan fingerprint density at radius 3 is 2.61 bits per heavy atom. The zero-order chi connectivity index (χ0) is 16.6. The summed E-state index contributed by atoms with van der Waals surface area (Å²) in [6, 6.07) is 11.1. The third-order valence-electron chi connectivity index (χ3n) is 3.56. The number of para-hydroxylation sites is 2. The number of nitrogens with zero attached hydrogens (tertiary/aromatic N) is 1. The Balaban J connectivity index is 2.15. The number of aryl methyl sites for hydroxylation is 2. The highest BCUT2D eigenvalue weighted by atomic mass is 32.2. The second-order valence-electron chi connectivity index (χ2n) is 5.63. The zero-order valence-corrected chi connectivity index (χ0v) is 14.2. The van der Waals surface area contributed by atoms with Crippen LogP contribution in [0.4, 0.5) is 11.4 Å². The van der Waals surface area contributed by atoms with Gasteiger partial charge in [0.1, 0.15) is 11.4 Å². The van der Waals surface area contributed by atoms with Crippen LogP contribution in [0.3, 0.4) is 0 Å². The lowest BCUT2D eigenvalue weighted by Crippen LogP contribution is -2.27. The average molecular weight is 333 g/mol. The molecule has 0 aliphatic carbocycles. The van der Waals surface area contributed by atoms with Gasteiger partial charge in [0.25, 0.3) is 10.1 Å². The summed E-state index contributed by atoms with van der Waals surface area (Å²) < 4.78 is 35.7. The van der Waals surface area contributed by atoms with Gasteiger partial charge in [0.2, 0.25) is 0 Å². The van der Waals surface area contributed by atoms with Crippen LogP contribution >= 0.6 is 0 Å². The van der Waals surface area contributed by atoms with Gasteiger partial charge in [-0.1, -0.05) is 25.1 Å². The van der Waals surface area contributed by atoms with Crippen LogP contribution in [0.25, 0.3) is 0 Å². The largest absolute Gasteiger partial charge is 0.453 e. The standard InChI is InChI=1S/C17H19NO4S/c1-4-9-23(19,20)22-18-14-7-5-6-8-16(14)21-17-13(3)10-12(2)11-15(17)18/h5-8,10-11H,4,9H2,1-3H3. The van der Waals surface area contributed by atoms with E-state index in [4.69, 9.17) is 9.02 Å². The highest BCUT2D eigenvalue weighted by molar-refractivity contribution is 7.86. The van der Waals surface area contributed by atoms with Gasteiger partial charge >= 0.3 is 0 Å².